The van der Waals surface area contributed by atoms with E-state index < -0.39 is 47.5 Å². The average molecular weight is 616 g/mol. The van der Waals surface area contributed by atoms with E-state index in [1.807, 2.05) is 0 Å². The van der Waals surface area contributed by atoms with Crippen LogP contribution in [0.2, 0.25) is 0 Å². The molecule has 15 heteroatoms. The summed E-state index contributed by atoms with van der Waals surface area (Å²) in [5.74, 6) is -1.17. The molecule has 232 valence electrons. The zero-order valence-corrected chi connectivity index (χ0v) is 22.7. The lowest BCUT2D eigenvalue weighted by Gasteiger charge is -2.26. The highest BCUT2D eigenvalue weighted by atomic mass is 19.4. The van der Waals surface area contributed by atoms with E-state index in [1.54, 1.807) is 0 Å². The number of nitrogens with zero attached hydrogens (tertiary/aromatic N) is 4. The average Bonchev–Trinajstić information content (AvgIpc) is 2.94. The number of aromatic nitrogens is 2. The molecule has 0 atom stereocenters. The lowest BCUT2D eigenvalue weighted by atomic mass is 10.0. The van der Waals surface area contributed by atoms with E-state index in [9.17, 15) is 40.6 Å². The van der Waals surface area contributed by atoms with Crippen molar-refractivity contribution >= 4 is 23.5 Å². The predicted octanol–water partition coefficient (Wildman–Crippen LogP) is 7.34. The monoisotopic (exact) mass is 615 g/mol. The van der Waals surface area contributed by atoms with Gasteiger partial charge >= 0.3 is 18.4 Å². The van der Waals surface area contributed by atoms with Gasteiger partial charge in [0.2, 0.25) is 5.95 Å². The molecular formula is C28H28F7N5O3. The Hall–Kier alpha value is -4.14. The molecule has 0 spiro atoms. The molecule has 0 aliphatic carbocycles. The van der Waals surface area contributed by atoms with Gasteiger partial charge in [0.25, 0.3) is 0 Å². The number of carbonyl (C=O) groups is 1. The molecule has 4 rings (SSSR count). The Morgan fingerprint density at radius 3 is 2.26 bits per heavy atom. The van der Waals surface area contributed by atoms with Crippen LogP contribution in [0.1, 0.15) is 42.4 Å². The molecule has 43 heavy (non-hydrogen) atoms. The van der Waals surface area contributed by atoms with Gasteiger partial charge in [0, 0.05) is 24.5 Å². The molecule has 1 aliphatic heterocycles. The fourth-order valence-electron chi connectivity index (χ4n) is 4.58. The minimum atomic E-state index is -5.10. The topological polar surface area (TPSA) is 90.8 Å². The highest BCUT2D eigenvalue weighted by molar-refractivity contribution is 5.84. The van der Waals surface area contributed by atoms with Gasteiger partial charge in [-0.3, -0.25) is 4.90 Å². The molecular weight excluding hydrogens is 587 g/mol. The Kier molecular flexibility index (Phi) is 9.94. The summed E-state index contributed by atoms with van der Waals surface area (Å²) in [4.78, 5) is 22.7. The standard InChI is InChI=1S/C28H28F7N5O3/c29-22-16-21(5-6-23(22)43-12-4-11-39-9-2-1-3-10-39)37-25-36-8-7-24(38-25)40(26(41)42)17-18-13-19(27(30,31)32)15-20(14-18)28(33,34)35/h5-8,13-16H,1-4,9-12,17H2,(H,41,42)(H,36,37,38). The number of hydrogen-bond donors (Lipinski definition) is 2. The lowest BCUT2D eigenvalue weighted by Crippen LogP contribution is -2.31. The summed E-state index contributed by atoms with van der Waals surface area (Å²) in [5.41, 5.74) is -3.54. The van der Waals surface area contributed by atoms with Crippen LogP contribution >= 0.6 is 0 Å². The van der Waals surface area contributed by atoms with Crippen LogP contribution < -0.4 is 15.0 Å². The van der Waals surface area contributed by atoms with E-state index in [0.29, 0.717) is 23.6 Å². The van der Waals surface area contributed by atoms with Crippen molar-refractivity contribution in [2.24, 2.45) is 0 Å². The fraction of sp³-hybridized carbons (Fsp3) is 0.393. The SMILES string of the molecule is O=C(O)N(Cc1cc(C(F)(F)F)cc(C(F)(F)F)c1)c1ccnc(Nc2ccc(OCCCN3CCCCC3)c(F)c2)n1. The van der Waals surface area contributed by atoms with Gasteiger partial charge in [-0.15, -0.1) is 0 Å². The number of rotatable bonds is 10. The first-order chi connectivity index (χ1) is 20.3. The highest BCUT2D eigenvalue weighted by Crippen LogP contribution is 2.37. The maximum Gasteiger partial charge on any atom is 0.416 e. The minimum Gasteiger partial charge on any atom is -0.490 e. The van der Waals surface area contributed by atoms with Crippen molar-refractivity contribution in [3.63, 3.8) is 0 Å². The van der Waals surface area contributed by atoms with Crippen LogP contribution in [0.3, 0.4) is 0 Å². The van der Waals surface area contributed by atoms with Crippen LogP contribution in [0.5, 0.6) is 5.75 Å². The number of nitrogens with one attached hydrogen (secondary N) is 1. The number of halogens is 7. The third-order valence-electron chi connectivity index (χ3n) is 6.65. The summed E-state index contributed by atoms with van der Waals surface area (Å²) in [7, 11) is 0. The quantitative estimate of drug-likeness (QED) is 0.182. The Labute approximate surface area is 242 Å². The molecule has 2 aromatic carbocycles. The second-order valence-electron chi connectivity index (χ2n) is 9.90. The second kappa shape index (κ2) is 13.4. The zero-order valence-electron chi connectivity index (χ0n) is 22.7. The van der Waals surface area contributed by atoms with Gasteiger partial charge in [-0.2, -0.15) is 31.3 Å². The van der Waals surface area contributed by atoms with Gasteiger partial charge in [0.1, 0.15) is 5.82 Å². The Balaban J connectivity index is 1.45. The molecule has 2 N–H and O–H groups in total. The molecule has 8 nitrogen and oxygen atoms in total. The molecule has 1 aromatic heterocycles. The predicted molar refractivity (Wildman–Crippen MR) is 143 cm³/mol. The van der Waals surface area contributed by atoms with Gasteiger partial charge < -0.3 is 20.1 Å². The van der Waals surface area contributed by atoms with Gasteiger partial charge in [-0.1, -0.05) is 6.42 Å². The summed E-state index contributed by atoms with van der Waals surface area (Å²) in [6.45, 7) is 2.41. The van der Waals surface area contributed by atoms with Crippen LogP contribution in [0, 0.1) is 5.82 Å². The molecule has 0 bridgehead atoms. The van der Waals surface area contributed by atoms with Gasteiger partial charge in [0.15, 0.2) is 11.6 Å². The molecule has 1 aliphatic rings. The van der Waals surface area contributed by atoms with E-state index >= 15 is 0 Å². The summed E-state index contributed by atoms with van der Waals surface area (Å²) >= 11 is 0. The van der Waals surface area contributed by atoms with E-state index in [2.05, 4.69) is 20.2 Å². The summed E-state index contributed by atoms with van der Waals surface area (Å²) in [6.07, 6.45) is -6.45. The molecule has 1 amide bonds. The minimum absolute atomic E-state index is 0.0372. The number of anilines is 3. The van der Waals surface area contributed by atoms with E-state index in [-0.39, 0.29) is 29.3 Å². The van der Waals surface area contributed by atoms with Crippen LogP contribution in [-0.2, 0) is 18.9 Å². The van der Waals surface area contributed by atoms with Crippen LogP contribution in [0.25, 0.3) is 0 Å². The summed E-state index contributed by atoms with van der Waals surface area (Å²) < 4.78 is 99.7. The van der Waals surface area contributed by atoms with Crippen LogP contribution in [-0.4, -0.2) is 52.3 Å². The van der Waals surface area contributed by atoms with Gasteiger partial charge in [-0.05, 0) is 74.3 Å². The van der Waals surface area contributed by atoms with Crippen molar-refractivity contribution in [2.45, 2.75) is 44.6 Å². The summed E-state index contributed by atoms with van der Waals surface area (Å²) in [5, 5.41) is 12.4. The molecule has 0 saturated carbocycles. The Morgan fingerprint density at radius 2 is 1.65 bits per heavy atom. The van der Waals surface area contributed by atoms with Crippen molar-refractivity contribution in [2.75, 3.05) is 36.5 Å². The lowest BCUT2D eigenvalue weighted by molar-refractivity contribution is -0.143. The number of amides is 1. The summed E-state index contributed by atoms with van der Waals surface area (Å²) in [6, 6.07) is 5.93. The number of hydrogen-bond acceptors (Lipinski definition) is 6. The number of ether oxygens (including phenoxy) is 1. The fourth-order valence-corrected chi connectivity index (χ4v) is 4.58. The third-order valence-corrected chi connectivity index (χ3v) is 6.65. The number of piperidine rings is 1. The molecule has 1 fully saturated rings. The molecule has 3 aromatic rings. The molecule has 0 radical (unpaired) electrons. The van der Waals surface area contributed by atoms with E-state index in [1.165, 1.54) is 31.4 Å². The first-order valence-corrected chi connectivity index (χ1v) is 13.3. The Bertz CT molecular complexity index is 1380. The van der Waals surface area contributed by atoms with Crippen molar-refractivity contribution in [3.05, 3.63) is 71.2 Å². The normalized spacial score (nSPS) is 14.4. The van der Waals surface area contributed by atoms with Crippen molar-refractivity contribution < 1.29 is 45.4 Å². The molecule has 2 heterocycles. The van der Waals surface area contributed by atoms with E-state index in [0.717, 1.165) is 44.4 Å². The third kappa shape index (κ3) is 8.92. The smallest absolute Gasteiger partial charge is 0.416 e. The molecule has 0 unspecified atom stereocenters. The van der Waals surface area contributed by atoms with Gasteiger partial charge in [0.05, 0.1) is 24.3 Å². The first kappa shape index (κ1) is 31.8. The maximum atomic E-state index is 14.7. The van der Waals surface area contributed by atoms with Crippen molar-refractivity contribution in [1.29, 1.82) is 0 Å². The highest BCUT2D eigenvalue weighted by Gasteiger charge is 2.37. The number of alkyl halides is 6. The van der Waals surface area contributed by atoms with Crippen LogP contribution in [0.15, 0.2) is 48.7 Å². The van der Waals surface area contributed by atoms with Crippen LogP contribution in [0.4, 0.5) is 53.0 Å². The van der Waals surface area contributed by atoms with Gasteiger partial charge in [-0.25, -0.2) is 14.2 Å². The number of carboxylic acid groups (broad SMARTS) is 1. The largest absolute Gasteiger partial charge is 0.490 e. The van der Waals surface area contributed by atoms with Crippen molar-refractivity contribution in [1.82, 2.24) is 14.9 Å². The molecule has 1 saturated heterocycles. The first-order valence-electron chi connectivity index (χ1n) is 13.3. The van der Waals surface area contributed by atoms with Crippen molar-refractivity contribution in [3.8, 4) is 5.75 Å². The number of likely N-dealkylation sites (tertiary alicyclic amines) is 1. The number of benzene rings is 2. The second-order valence-corrected chi connectivity index (χ2v) is 9.90. The van der Waals surface area contributed by atoms with E-state index in [4.69, 9.17) is 4.74 Å². The Morgan fingerprint density at radius 1 is 0.977 bits per heavy atom. The maximum absolute atomic E-state index is 14.7. The zero-order chi connectivity index (χ0) is 31.2.